The number of carbonyl (C=O) groups excluding carboxylic acids is 1. The molecule has 11 heteroatoms. The molecule has 4 heterocycles. The molecule has 5 rings (SSSR count). The second-order valence-electron chi connectivity index (χ2n) is 12.6. The third-order valence-corrected chi connectivity index (χ3v) is 8.66. The molecule has 2 aromatic rings. The molecule has 1 aromatic heterocycles. The first-order valence-electron chi connectivity index (χ1n) is 15.4. The van der Waals surface area contributed by atoms with E-state index in [1.165, 1.54) is 11.6 Å². The summed E-state index contributed by atoms with van der Waals surface area (Å²) < 4.78 is 36.1. The highest BCUT2D eigenvalue weighted by Gasteiger charge is 2.50. The fourth-order valence-electron chi connectivity index (χ4n) is 6.37. The van der Waals surface area contributed by atoms with Crippen molar-refractivity contribution in [3.8, 4) is 0 Å². The zero-order chi connectivity index (χ0) is 30.6. The molecule has 3 aliphatic rings. The molecule has 1 aromatic carbocycles. The Hall–Kier alpha value is -3.31. The lowest BCUT2D eigenvalue weighted by Gasteiger charge is -2.39. The fraction of sp³-hybridized carbons (Fsp3) is 0.594. The number of rotatable bonds is 10. The molecule has 2 atom stereocenters. The van der Waals surface area contributed by atoms with Crippen LogP contribution in [0.2, 0.25) is 0 Å². The van der Waals surface area contributed by atoms with Crippen LogP contribution in [0, 0.1) is 5.92 Å². The highest BCUT2D eigenvalue weighted by molar-refractivity contribution is 5.82. The van der Waals surface area contributed by atoms with Gasteiger partial charge in [0.05, 0.1) is 18.1 Å². The van der Waals surface area contributed by atoms with Crippen molar-refractivity contribution in [1.29, 1.82) is 0 Å². The maximum Gasteiger partial charge on any atom is 0.377 e. The van der Waals surface area contributed by atoms with Gasteiger partial charge in [0.2, 0.25) is 5.91 Å². The van der Waals surface area contributed by atoms with Crippen LogP contribution in [-0.4, -0.2) is 84.3 Å². The second-order valence-corrected chi connectivity index (χ2v) is 12.6. The van der Waals surface area contributed by atoms with Crippen molar-refractivity contribution in [1.82, 2.24) is 15.2 Å². The molecule has 1 amide bonds. The summed E-state index contributed by atoms with van der Waals surface area (Å²) in [6.45, 7) is 8.52. The summed E-state index contributed by atoms with van der Waals surface area (Å²) in [4.78, 5) is 34.1. The van der Waals surface area contributed by atoms with Crippen molar-refractivity contribution in [3.05, 3.63) is 53.2 Å². The Morgan fingerprint density at radius 2 is 2.07 bits per heavy atom. The summed E-state index contributed by atoms with van der Waals surface area (Å²) in [6.07, 6.45) is 5.17. The number of halogens is 2. The van der Waals surface area contributed by atoms with Crippen LogP contribution in [0.1, 0.15) is 62.4 Å². The zero-order valence-corrected chi connectivity index (χ0v) is 25.1. The minimum absolute atomic E-state index is 0.0576. The van der Waals surface area contributed by atoms with Crippen molar-refractivity contribution in [2.75, 3.05) is 56.1 Å². The number of aryl methyl sites for hydroxylation is 2. The number of hydrogen-bond acceptors (Lipinski definition) is 7. The summed E-state index contributed by atoms with van der Waals surface area (Å²) in [6, 6.07) is 8.67. The maximum atomic E-state index is 15.2. The van der Waals surface area contributed by atoms with Gasteiger partial charge in [-0.05, 0) is 94.8 Å². The van der Waals surface area contributed by atoms with Gasteiger partial charge in [0.15, 0.2) is 0 Å². The van der Waals surface area contributed by atoms with Gasteiger partial charge in [0.25, 0.3) is 0 Å². The van der Waals surface area contributed by atoms with Crippen LogP contribution in [-0.2, 0) is 27.2 Å². The summed E-state index contributed by atoms with van der Waals surface area (Å²) in [5.41, 5.74) is 2.61. The van der Waals surface area contributed by atoms with Gasteiger partial charge in [-0.3, -0.25) is 4.79 Å². The molecule has 0 aliphatic carbocycles. The van der Waals surface area contributed by atoms with Crippen molar-refractivity contribution < 1.29 is 28.2 Å². The predicted octanol–water partition coefficient (Wildman–Crippen LogP) is 4.28. The lowest BCUT2D eigenvalue weighted by molar-refractivity contribution is -0.170. The van der Waals surface area contributed by atoms with Crippen LogP contribution in [0.4, 0.5) is 20.3 Å². The largest absolute Gasteiger partial charge is 0.477 e. The number of pyridine rings is 1. The Labute approximate surface area is 252 Å². The molecule has 0 radical (unpaired) electrons. The molecular weight excluding hydrogens is 556 g/mol. The van der Waals surface area contributed by atoms with E-state index < -0.39 is 35.4 Å². The Bertz CT molecular complexity index is 1310. The van der Waals surface area contributed by atoms with E-state index in [2.05, 4.69) is 27.7 Å². The lowest BCUT2D eigenvalue weighted by Crippen LogP contribution is -2.50. The Morgan fingerprint density at radius 1 is 1.23 bits per heavy atom. The van der Waals surface area contributed by atoms with Gasteiger partial charge in [-0.15, -0.1) is 0 Å². The first kappa shape index (κ1) is 31.1. The molecule has 0 saturated carbocycles. The van der Waals surface area contributed by atoms with E-state index >= 15 is 8.78 Å². The molecule has 3 aliphatic heterocycles. The molecule has 234 valence electrons. The van der Waals surface area contributed by atoms with Crippen molar-refractivity contribution in [2.45, 2.75) is 69.9 Å². The number of hydrogen-bond donors (Lipinski definition) is 3. The number of fused-ring (bicyclic) bond motifs is 1. The van der Waals surface area contributed by atoms with Crippen LogP contribution in [0.15, 0.2) is 36.4 Å². The van der Waals surface area contributed by atoms with E-state index in [0.717, 1.165) is 63.3 Å². The molecule has 43 heavy (non-hydrogen) atoms. The molecule has 0 spiro atoms. The first-order valence-corrected chi connectivity index (χ1v) is 15.4. The summed E-state index contributed by atoms with van der Waals surface area (Å²) >= 11 is 0. The number of alkyl halides is 2. The van der Waals surface area contributed by atoms with Gasteiger partial charge in [0.1, 0.15) is 11.9 Å². The summed E-state index contributed by atoms with van der Waals surface area (Å²) in [5, 5.41) is 15.2. The minimum atomic E-state index is -4.19. The fourth-order valence-corrected chi connectivity index (χ4v) is 6.37. The normalized spacial score (nSPS) is 21.4. The van der Waals surface area contributed by atoms with Gasteiger partial charge < -0.3 is 30.3 Å². The topological polar surface area (TPSA) is 107 Å². The Balaban J connectivity index is 1.22. The number of nitrogens with one attached hydrogen (secondary N) is 2. The third kappa shape index (κ3) is 7.62. The van der Waals surface area contributed by atoms with Gasteiger partial charge in [-0.1, -0.05) is 18.2 Å². The van der Waals surface area contributed by atoms with Crippen LogP contribution < -0.4 is 15.5 Å². The Morgan fingerprint density at radius 3 is 2.86 bits per heavy atom. The van der Waals surface area contributed by atoms with Crippen LogP contribution >= 0.6 is 0 Å². The SMILES string of the molecule is CC1(C)CN(c2cccc(C(NC(=O)[C@@H]3CCCN(CCCc4ccc5c(n4)NCCC5)C3)C(F)(F)C(=O)O)c2)CCO1. The van der Waals surface area contributed by atoms with Crippen molar-refractivity contribution >= 4 is 23.4 Å². The number of likely N-dealkylation sites (tertiary alicyclic amines) is 1. The number of carboxylic acids is 1. The highest BCUT2D eigenvalue weighted by atomic mass is 19.3. The molecule has 0 bridgehead atoms. The van der Waals surface area contributed by atoms with E-state index in [1.54, 1.807) is 18.2 Å². The number of morpholine rings is 1. The van der Waals surface area contributed by atoms with E-state index in [9.17, 15) is 14.7 Å². The molecule has 2 saturated heterocycles. The van der Waals surface area contributed by atoms with E-state index in [4.69, 9.17) is 9.72 Å². The van der Waals surface area contributed by atoms with Gasteiger partial charge in [-0.2, -0.15) is 8.78 Å². The lowest BCUT2D eigenvalue weighted by atomic mass is 9.94. The number of carbonyl (C=O) groups is 2. The summed E-state index contributed by atoms with van der Waals surface area (Å²) in [7, 11) is 0. The van der Waals surface area contributed by atoms with Crippen LogP contribution in [0.5, 0.6) is 0 Å². The van der Waals surface area contributed by atoms with Gasteiger partial charge >= 0.3 is 11.9 Å². The highest BCUT2D eigenvalue weighted by Crippen LogP contribution is 2.35. The van der Waals surface area contributed by atoms with Gasteiger partial charge in [0, 0.05) is 37.6 Å². The zero-order valence-electron chi connectivity index (χ0n) is 25.1. The number of anilines is 2. The van der Waals surface area contributed by atoms with E-state index in [1.807, 2.05) is 18.7 Å². The summed E-state index contributed by atoms with van der Waals surface area (Å²) in [5.74, 6) is -6.53. The number of amides is 1. The van der Waals surface area contributed by atoms with Crippen molar-refractivity contribution in [3.63, 3.8) is 0 Å². The average Bonchev–Trinajstić information content (AvgIpc) is 2.99. The average molecular weight is 600 g/mol. The number of carboxylic acid groups (broad SMARTS) is 1. The number of aromatic nitrogens is 1. The predicted molar refractivity (Wildman–Crippen MR) is 161 cm³/mol. The molecule has 1 unspecified atom stereocenters. The number of aliphatic carboxylic acids is 1. The van der Waals surface area contributed by atoms with Crippen LogP contribution in [0.25, 0.3) is 0 Å². The van der Waals surface area contributed by atoms with E-state index in [-0.39, 0.29) is 5.56 Å². The van der Waals surface area contributed by atoms with E-state index in [0.29, 0.717) is 38.3 Å². The van der Waals surface area contributed by atoms with Crippen LogP contribution in [0.3, 0.4) is 0 Å². The Kier molecular flexibility index (Phi) is 9.51. The molecular formula is C32H43F2N5O4. The standard InChI is InChI=1S/C32H43F2N5O4/c1-31(2)21-39(17-18-43-31)26-11-3-7-23(19-26)27(32(33,34)30(41)42)37-29(40)24-9-5-15-38(20-24)16-6-10-25-13-12-22-8-4-14-35-28(22)36-25/h3,7,11-13,19,24,27H,4-6,8-10,14-18,20-21H2,1-2H3,(H,35,36)(H,37,40)(H,41,42)/t24-,27?/m1/s1. The minimum Gasteiger partial charge on any atom is -0.477 e. The van der Waals surface area contributed by atoms with Gasteiger partial charge in [-0.25, -0.2) is 9.78 Å². The number of benzene rings is 1. The molecule has 3 N–H and O–H groups in total. The smallest absolute Gasteiger partial charge is 0.377 e. The quantitative estimate of drug-likeness (QED) is 0.372. The monoisotopic (exact) mass is 599 g/mol. The maximum absolute atomic E-state index is 15.2. The van der Waals surface area contributed by atoms with Crippen molar-refractivity contribution in [2.24, 2.45) is 5.92 Å². The third-order valence-electron chi connectivity index (χ3n) is 8.66. The number of ether oxygens (including phenoxy) is 1. The molecule has 2 fully saturated rings. The molecule has 9 nitrogen and oxygen atoms in total. The second kappa shape index (κ2) is 13.1. The number of piperidine rings is 1. The first-order chi connectivity index (χ1) is 20.5. The number of nitrogens with zero attached hydrogens (tertiary/aromatic N) is 3.